The number of amides is 2. The number of nitrogens with one attached hydrogen (secondary N) is 1. The van der Waals surface area contributed by atoms with Crippen LogP contribution in [0.15, 0.2) is 47.5 Å². The molecule has 0 spiro atoms. The van der Waals surface area contributed by atoms with Crippen LogP contribution in [0.5, 0.6) is 0 Å². The molecule has 1 heterocycles. The fourth-order valence-corrected chi connectivity index (χ4v) is 4.50. The van der Waals surface area contributed by atoms with Gasteiger partial charge in [-0.15, -0.1) is 0 Å². The molecule has 1 N–H and O–H groups in total. The lowest BCUT2D eigenvalue weighted by molar-refractivity contribution is -0.129. The number of anilines is 1. The number of amidine groups is 1. The normalized spacial score (nSPS) is 18.4. The first-order valence-corrected chi connectivity index (χ1v) is 10.5. The molecule has 5 nitrogen and oxygen atoms in total. The number of hydrogen-bond donors (Lipinski definition) is 1. The average Bonchev–Trinajstić information content (AvgIpc) is 2.62. The van der Waals surface area contributed by atoms with Gasteiger partial charge in [-0.05, 0) is 37.3 Å². The quantitative estimate of drug-likeness (QED) is 0.649. The summed E-state index contributed by atoms with van der Waals surface area (Å²) in [6.07, 6.45) is 0.0735. The number of nitrogens with zero attached hydrogens (tertiary/aromatic N) is 2. The zero-order valence-electron chi connectivity index (χ0n) is 14.8. The first-order chi connectivity index (χ1) is 13.4. The van der Waals surface area contributed by atoms with Gasteiger partial charge in [0.05, 0.1) is 16.4 Å². The van der Waals surface area contributed by atoms with Gasteiger partial charge in [0.1, 0.15) is 5.25 Å². The van der Waals surface area contributed by atoms with E-state index >= 15 is 0 Å². The van der Waals surface area contributed by atoms with Crippen molar-refractivity contribution >= 4 is 74.9 Å². The van der Waals surface area contributed by atoms with E-state index in [1.165, 1.54) is 11.8 Å². The predicted octanol–water partition coefficient (Wildman–Crippen LogP) is 5.63. The lowest BCUT2D eigenvalue weighted by Gasteiger charge is -2.31. The van der Waals surface area contributed by atoms with Gasteiger partial charge in [0.2, 0.25) is 11.8 Å². The fourth-order valence-electron chi connectivity index (χ4n) is 2.64. The molecule has 1 fully saturated rings. The number of halogens is 3. The van der Waals surface area contributed by atoms with Crippen molar-refractivity contribution in [2.45, 2.75) is 18.6 Å². The highest BCUT2D eigenvalue weighted by Gasteiger charge is 2.35. The van der Waals surface area contributed by atoms with Crippen molar-refractivity contribution in [2.75, 3.05) is 11.9 Å². The molecule has 1 atom stereocenters. The number of thioether (sulfide) groups is 1. The Labute approximate surface area is 182 Å². The molecule has 0 bridgehead atoms. The van der Waals surface area contributed by atoms with E-state index < -0.39 is 5.25 Å². The lowest BCUT2D eigenvalue weighted by atomic mass is 10.2. The first kappa shape index (κ1) is 21.0. The summed E-state index contributed by atoms with van der Waals surface area (Å²) < 4.78 is 0. The molecule has 2 aromatic carbocycles. The highest BCUT2D eigenvalue weighted by Crippen LogP contribution is 2.32. The topological polar surface area (TPSA) is 61.8 Å². The van der Waals surface area contributed by atoms with E-state index in [1.807, 2.05) is 6.92 Å². The smallest absolute Gasteiger partial charge is 0.238 e. The molecule has 3 rings (SSSR count). The van der Waals surface area contributed by atoms with E-state index in [1.54, 1.807) is 47.4 Å². The average molecular weight is 457 g/mol. The number of para-hydroxylation sites is 1. The molecule has 0 aliphatic carbocycles. The van der Waals surface area contributed by atoms with E-state index in [-0.39, 0.29) is 18.2 Å². The minimum atomic E-state index is -0.625. The van der Waals surface area contributed by atoms with E-state index in [0.717, 1.165) is 0 Å². The Kier molecular flexibility index (Phi) is 6.88. The number of hydrogen-bond acceptors (Lipinski definition) is 4. The molecular formula is C19H16Cl3N3O2S. The van der Waals surface area contributed by atoms with Gasteiger partial charge in [-0.3, -0.25) is 14.5 Å². The molecular weight excluding hydrogens is 441 g/mol. The number of benzene rings is 2. The molecule has 9 heteroatoms. The maximum atomic E-state index is 12.7. The SMILES string of the molecule is CCN1C(=O)CC(C(=O)Nc2ccccc2Cl)SC1=Nc1cc(Cl)cc(Cl)c1. The summed E-state index contributed by atoms with van der Waals surface area (Å²) in [4.78, 5) is 31.3. The molecule has 2 aromatic rings. The van der Waals surface area contributed by atoms with E-state index in [9.17, 15) is 9.59 Å². The molecule has 0 aromatic heterocycles. The maximum Gasteiger partial charge on any atom is 0.238 e. The highest BCUT2D eigenvalue weighted by molar-refractivity contribution is 8.15. The van der Waals surface area contributed by atoms with E-state index in [0.29, 0.717) is 38.2 Å². The molecule has 1 unspecified atom stereocenters. The Bertz CT molecular complexity index is 932. The Balaban J connectivity index is 1.85. The summed E-state index contributed by atoms with van der Waals surface area (Å²) in [6.45, 7) is 2.29. The molecule has 1 saturated heterocycles. The molecule has 28 heavy (non-hydrogen) atoms. The molecule has 146 valence electrons. The molecule has 2 amide bonds. The summed E-state index contributed by atoms with van der Waals surface area (Å²) >= 11 is 19.4. The fraction of sp³-hybridized carbons (Fsp3) is 0.211. The zero-order chi connectivity index (χ0) is 20.3. The largest absolute Gasteiger partial charge is 0.324 e. The van der Waals surface area contributed by atoms with Crippen molar-refractivity contribution in [3.63, 3.8) is 0 Å². The second-order valence-electron chi connectivity index (χ2n) is 5.94. The third-order valence-electron chi connectivity index (χ3n) is 3.95. The Morgan fingerprint density at radius 3 is 2.54 bits per heavy atom. The van der Waals surface area contributed by atoms with Gasteiger partial charge in [-0.2, -0.15) is 0 Å². The van der Waals surface area contributed by atoms with Crippen molar-refractivity contribution in [3.8, 4) is 0 Å². The van der Waals surface area contributed by atoms with Crippen molar-refractivity contribution in [3.05, 3.63) is 57.5 Å². The molecule has 1 aliphatic rings. The van der Waals surface area contributed by atoms with Gasteiger partial charge in [0, 0.05) is 23.0 Å². The summed E-state index contributed by atoms with van der Waals surface area (Å²) in [7, 11) is 0. The Hall–Kier alpha value is -1.73. The second-order valence-corrected chi connectivity index (χ2v) is 8.39. The summed E-state index contributed by atoms with van der Waals surface area (Å²) in [5.41, 5.74) is 1.01. The van der Waals surface area contributed by atoms with Crippen LogP contribution in [0.25, 0.3) is 0 Å². The summed E-state index contributed by atoms with van der Waals surface area (Å²) in [5.74, 6) is -0.480. The van der Waals surface area contributed by atoms with Crippen LogP contribution in [0.4, 0.5) is 11.4 Å². The summed E-state index contributed by atoms with van der Waals surface area (Å²) in [6, 6.07) is 11.8. The van der Waals surface area contributed by atoms with Crippen LogP contribution in [0, 0.1) is 0 Å². The molecule has 0 saturated carbocycles. The van der Waals surface area contributed by atoms with Crippen molar-refractivity contribution < 1.29 is 9.59 Å². The number of rotatable bonds is 4. The third-order valence-corrected chi connectivity index (χ3v) is 5.91. The minimum absolute atomic E-state index is 0.0735. The second kappa shape index (κ2) is 9.18. The minimum Gasteiger partial charge on any atom is -0.324 e. The van der Waals surface area contributed by atoms with Crippen LogP contribution in [0.1, 0.15) is 13.3 Å². The lowest BCUT2D eigenvalue weighted by Crippen LogP contribution is -2.45. The van der Waals surface area contributed by atoms with Crippen LogP contribution >= 0.6 is 46.6 Å². The van der Waals surface area contributed by atoms with Crippen LogP contribution in [-0.4, -0.2) is 33.7 Å². The van der Waals surface area contributed by atoms with E-state index in [4.69, 9.17) is 34.8 Å². The number of carbonyl (C=O) groups is 2. The van der Waals surface area contributed by atoms with E-state index in [2.05, 4.69) is 10.3 Å². The van der Waals surface area contributed by atoms with Crippen molar-refractivity contribution in [1.29, 1.82) is 0 Å². The maximum absolute atomic E-state index is 12.7. The predicted molar refractivity (Wildman–Crippen MR) is 117 cm³/mol. The summed E-state index contributed by atoms with van der Waals surface area (Å²) in [5, 5.41) is 3.89. The molecule has 0 radical (unpaired) electrons. The van der Waals surface area contributed by atoms with Crippen molar-refractivity contribution in [2.24, 2.45) is 4.99 Å². The van der Waals surface area contributed by atoms with Crippen LogP contribution in [0.2, 0.25) is 15.1 Å². The van der Waals surface area contributed by atoms with Crippen LogP contribution in [-0.2, 0) is 9.59 Å². The monoisotopic (exact) mass is 455 g/mol. The van der Waals surface area contributed by atoms with Gasteiger partial charge >= 0.3 is 0 Å². The van der Waals surface area contributed by atoms with Gasteiger partial charge in [-0.1, -0.05) is 58.7 Å². The highest BCUT2D eigenvalue weighted by atomic mass is 35.5. The van der Waals surface area contributed by atoms with Crippen molar-refractivity contribution in [1.82, 2.24) is 4.90 Å². The van der Waals surface area contributed by atoms with Crippen LogP contribution in [0.3, 0.4) is 0 Å². The number of aliphatic imine (C=N–C) groups is 1. The third kappa shape index (κ3) is 5.00. The van der Waals surface area contributed by atoms with Gasteiger partial charge in [0.15, 0.2) is 5.17 Å². The van der Waals surface area contributed by atoms with Gasteiger partial charge in [0.25, 0.3) is 0 Å². The number of carbonyl (C=O) groups excluding carboxylic acids is 2. The Morgan fingerprint density at radius 2 is 1.89 bits per heavy atom. The molecule has 1 aliphatic heterocycles. The standard InChI is InChI=1S/C19H16Cl3N3O2S/c1-2-25-17(26)10-16(18(27)24-15-6-4-3-5-14(15)22)28-19(25)23-13-8-11(20)7-12(21)9-13/h3-9,16H,2,10H2,1H3,(H,24,27). The van der Waals surface area contributed by atoms with Gasteiger partial charge in [-0.25, -0.2) is 4.99 Å². The van der Waals surface area contributed by atoms with Crippen LogP contribution < -0.4 is 5.32 Å². The van der Waals surface area contributed by atoms with Gasteiger partial charge < -0.3 is 5.32 Å². The first-order valence-electron chi connectivity index (χ1n) is 8.44. The zero-order valence-corrected chi connectivity index (χ0v) is 17.9. The Morgan fingerprint density at radius 1 is 1.21 bits per heavy atom.